The van der Waals surface area contributed by atoms with Crippen molar-refractivity contribution >= 4 is 0 Å². The predicted molar refractivity (Wildman–Crippen MR) is 95.0 cm³/mol. The molecule has 0 amide bonds. The standard InChI is InChI=1S/C20H23N3/c1-3-16-9-11-17(12-10-16)19(14-21)20-13-15(2)22-23(20)18-7-5-4-6-8-18/h4-13,19H,3,14,21H2,1-2H3. The first-order valence-corrected chi connectivity index (χ1v) is 8.13. The van der Waals surface area contributed by atoms with Crippen LogP contribution in [0.3, 0.4) is 0 Å². The lowest BCUT2D eigenvalue weighted by Gasteiger charge is -2.18. The number of aromatic nitrogens is 2. The van der Waals surface area contributed by atoms with Crippen molar-refractivity contribution in [1.29, 1.82) is 0 Å². The molecule has 0 radical (unpaired) electrons. The Hall–Kier alpha value is -2.39. The number of nitrogens with zero attached hydrogens (tertiary/aromatic N) is 2. The fourth-order valence-electron chi connectivity index (χ4n) is 2.96. The zero-order valence-corrected chi connectivity index (χ0v) is 13.7. The summed E-state index contributed by atoms with van der Waals surface area (Å²) in [5, 5.41) is 4.67. The van der Waals surface area contributed by atoms with E-state index >= 15 is 0 Å². The Balaban J connectivity index is 2.04. The van der Waals surface area contributed by atoms with E-state index in [-0.39, 0.29) is 5.92 Å². The first kappa shape index (κ1) is 15.5. The highest BCUT2D eigenvalue weighted by molar-refractivity contribution is 5.39. The van der Waals surface area contributed by atoms with Crippen LogP contribution >= 0.6 is 0 Å². The van der Waals surface area contributed by atoms with E-state index in [0.717, 1.165) is 23.5 Å². The highest BCUT2D eigenvalue weighted by Gasteiger charge is 2.19. The summed E-state index contributed by atoms with van der Waals surface area (Å²) in [6.45, 7) is 4.75. The Bertz CT molecular complexity index is 757. The van der Waals surface area contributed by atoms with Gasteiger partial charge in [-0.3, -0.25) is 0 Å². The molecule has 3 heteroatoms. The van der Waals surface area contributed by atoms with Crippen molar-refractivity contribution in [2.24, 2.45) is 5.73 Å². The molecule has 0 saturated heterocycles. The maximum atomic E-state index is 6.12. The second-order valence-corrected chi connectivity index (χ2v) is 5.84. The molecule has 2 N–H and O–H groups in total. The predicted octanol–water partition coefficient (Wildman–Crippen LogP) is 3.83. The molecule has 1 atom stereocenters. The molecule has 1 heterocycles. The summed E-state index contributed by atoms with van der Waals surface area (Å²) in [6, 6.07) is 21.1. The molecule has 1 aromatic heterocycles. The Morgan fingerprint density at radius 2 is 1.74 bits per heavy atom. The van der Waals surface area contributed by atoms with Gasteiger partial charge >= 0.3 is 0 Å². The number of nitrogens with two attached hydrogens (primary N) is 1. The molecule has 1 unspecified atom stereocenters. The van der Waals surface area contributed by atoms with Gasteiger partial charge in [0.1, 0.15) is 0 Å². The van der Waals surface area contributed by atoms with Crippen molar-refractivity contribution in [3.8, 4) is 5.69 Å². The third-order valence-electron chi connectivity index (χ3n) is 4.24. The molecule has 3 aromatic rings. The maximum absolute atomic E-state index is 6.12. The quantitative estimate of drug-likeness (QED) is 0.778. The van der Waals surface area contributed by atoms with Gasteiger partial charge < -0.3 is 5.73 Å². The molecule has 2 aromatic carbocycles. The number of aryl methyl sites for hydroxylation is 2. The van der Waals surface area contributed by atoms with E-state index in [1.54, 1.807) is 0 Å². The van der Waals surface area contributed by atoms with Crippen LogP contribution in [0, 0.1) is 6.92 Å². The summed E-state index contributed by atoms with van der Waals surface area (Å²) in [6.07, 6.45) is 1.05. The van der Waals surface area contributed by atoms with Crippen molar-refractivity contribution in [3.63, 3.8) is 0 Å². The maximum Gasteiger partial charge on any atom is 0.0649 e. The van der Waals surface area contributed by atoms with Crippen molar-refractivity contribution in [2.45, 2.75) is 26.2 Å². The van der Waals surface area contributed by atoms with Gasteiger partial charge in [0, 0.05) is 12.5 Å². The number of benzene rings is 2. The lowest BCUT2D eigenvalue weighted by atomic mass is 9.94. The third-order valence-corrected chi connectivity index (χ3v) is 4.24. The zero-order chi connectivity index (χ0) is 16.2. The second kappa shape index (κ2) is 6.80. The number of hydrogen-bond acceptors (Lipinski definition) is 2. The molecule has 0 bridgehead atoms. The first-order chi connectivity index (χ1) is 11.2. The number of rotatable bonds is 5. The van der Waals surface area contributed by atoms with Gasteiger partial charge in [-0.05, 0) is 42.7 Å². The number of para-hydroxylation sites is 1. The molecule has 23 heavy (non-hydrogen) atoms. The first-order valence-electron chi connectivity index (χ1n) is 8.13. The lowest BCUT2D eigenvalue weighted by Crippen LogP contribution is -2.17. The Labute approximate surface area is 137 Å². The van der Waals surface area contributed by atoms with E-state index in [1.807, 2.05) is 29.8 Å². The molecular formula is C20H23N3. The van der Waals surface area contributed by atoms with Crippen LogP contribution in [0.1, 0.15) is 35.4 Å². The van der Waals surface area contributed by atoms with E-state index in [2.05, 4.69) is 54.5 Å². The van der Waals surface area contributed by atoms with E-state index in [1.165, 1.54) is 11.1 Å². The average molecular weight is 305 g/mol. The smallest absolute Gasteiger partial charge is 0.0649 e. The highest BCUT2D eigenvalue weighted by atomic mass is 15.3. The van der Waals surface area contributed by atoms with Gasteiger partial charge in [0.2, 0.25) is 0 Å². The molecule has 118 valence electrons. The van der Waals surface area contributed by atoms with Crippen LogP contribution < -0.4 is 5.73 Å². The van der Waals surface area contributed by atoms with Gasteiger partial charge in [0.25, 0.3) is 0 Å². The van der Waals surface area contributed by atoms with Crippen molar-refractivity contribution in [2.75, 3.05) is 6.54 Å². The van der Waals surface area contributed by atoms with Crippen molar-refractivity contribution in [3.05, 3.63) is 83.2 Å². The molecule has 0 saturated carbocycles. The highest BCUT2D eigenvalue weighted by Crippen LogP contribution is 2.27. The van der Waals surface area contributed by atoms with Crippen LogP contribution in [-0.2, 0) is 6.42 Å². The molecule has 0 aliphatic carbocycles. The topological polar surface area (TPSA) is 43.8 Å². The summed E-state index contributed by atoms with van der Waals surface area (Å²) >= 11 is 0. The van der Waals surface area contributed by atoms with Gasteiger partial charge in [-0.1, -0.05) is 49.4 Å². The van der Waals surface area contributed by atoms with E-state index in [4.69, 9.17) is 5.73 Å². The minimum absolute atomic E-state index is 0.141. The van der Waals surface area contributed by atoms with Gasteiger partial charge in [0.05, 0.1) is 17.1 Å². The summed E-state index contributed by atoms with van der Waals surface area (Å²) in [5.41, 5.74) is 11.9. The van der Waals surface area contributed by atoms with Crippen LogP contribution in [-0.4, -0.2) is 16.3 Å². The van der Waals surface area contributed by atoms with Gasteiger partial charge in [-0.25, -0.2) is 4.68 Å². The van der Waals surface area contributed by atoms with Gasteiger partial charge in [-0.15, -0.1) is 0 Å². The Kier molecular flexibility index (Phi) is 4.58. The fourth-order valence-corrected chi connectivity index (χ4v) is 2.96. The van der Waals surface area contributed by atoms with Crippen LogP contribution in [0.5, 0.6) is 0 Å². The largest absolute Gasteiger partial charge is 0.329 e. The Morgan fingerprint density at radius 1 is 1.04 bits per heavy atom. The van der Waals surface area contributed by atoms with E-state index in [9.17, 15) is 0 Å². The van der Waals surface area contributed by atoms with Crippen LogP contribution in [0.15, 0.2) is 60.7 Å². The van der Waals surface area contributed by atoms with E-state index < -0.39 is 0 Å². The van der Waals surface area contributed by atoms with Crippen LogP contribution in [0.2, 0.25) is 0 Å². The molecule has 0 aliphatic heterocycles. The Morgan fingerprint density at radius 3 is 2.35 bits per heavy atom. The normalized spacial score (nSPS) is 12.3. The second-order valence-electron chi connectivity index (χ2n) is 5.84. The van der Waals surface area contributed by atoms with Gasteiger partial charge in [-0.2, -0.15) is 5.10 Å². The van der Waals surface area contributed by atoms with Crippen molar-refractivity contribution in [1.82, 2.24) is 9.78 Å². The van der Waals surface area contributed by atoms with Crippen LogP contribution in [0.25, 0.3) is 5.69 Å². The zero-order valence-electron chi connectivity index (χ0n) is 13.7. The molecule has 0 fully saturated rings. The molecule has 3 rings (SSSR count). The third kappa shape index (κ3) is 3.20. The molecular weight excluding hydrogens is 282 g/mol. The molecule has 0 spiro atoms. The summed E-state index contributed by atoms with van der Waals surface area (Å²) in [7, 11) is 0. The average Bonchev–Trinajstić information content (AvgIpc) is 2.98. The minimum atomic E-state index is 0.141. The van der Waals surface area contributed by atoms with E-state index in [0.29, 0.717) is 6.54 Å². The summed E-state index contributed by atoms with van der Waals surface area (Å²) in [5.74, 6) is 0.141. The van der Waals surface area contributed by atoms with Gasteiger partial charge in [0.15, 0.2) is 0 Å². The lowest BCUT2D eigenvalue weighted by molar-refractivity contribution is 0.718. The minimum Gasteiger partial charge on any atom is -0.329 e. The molecule has 3 nitrogen and oxygen atoms in total. The number of hydrogen-bond donors (Lipinski definition) is 1. The molecule has 0 aliphatic rings. The summed E-state index contributed by atoms with van der Waals surface area (Å²) in [4.78, 5) is 0. The van der Waals surface area contributed by atoms with Crippen molar-refractivity contribution < 1.29 is 0 Å². The monoisotopic (exact) mass is 305 g/mol. The van der Waals surface area contributed by atoms with Crippen LogP contribution in [0.4, 0.5) is 0 Å². The SMILES string of the molecule is CCc1ccc(C(CN)c2cc(C)nn2-c2ccccc2)cc1. The summed E-state index contributed by atoms with van der Waals surface area (Å²) < 4.78 is 2.01. The fraction of sp³-hybridized carbons (Fsp3) is 0.250.